The number of amides is 1. The Labute approximate surface area is 82.2 Å². The maximum Gasteiger partial charge on any atom is 0.242 e. The maximum absolute atomic E-state index is 11.5. The fourth-order valence-electron chi connectivity index (χ4n) is 1.45. The summed E-state index contributed by atoms with van der Waals surface area (Å²) in [4.78, 5) is 21.0. The van der Waals surface area contributed by atoms with Crippen molar-refractivity contribution in [1.82, 2.24) is 15.3 Å². The van der Waals surface area contributed by atoms with E-state index in [1.165, 1.54) is 0 Å². The Bertz CT molecular complexity index is 352. The molecule has 1 radical (unpaired) electrons. The van der Waals surface area contributed by atoms with Crippen molar-refractivity contribution in [1.29, 1.82) is 0 Å². The van der Waals surface area contributed by atoms with Crippen LogP contribution in [0.25, 0.3) is 0 Å². The summed E-state index contributed by atoms with van der Waals surface area (Å²) in [5, 5.41) is 3.01. The number of aryl methyl sites for hydroxylation is 1. The van der Waals surface area contributed by atoms with Gasteiger partial charge in [-0.2, -0.15) is 0 Å². The van der Waals surface area contributed by atoms with Crippen LogP contribution in [0.1, 0.15) is 5.56 Å². The molecule has 1 amide bonds. The van der Waals surface area contributed by atoms with Gasteiger partial charge in [0.25, 0.3) is 0 Å². The Morgan fingerprint density at radius 3 is 3.21 bits per heavy atom. The fraction of sp³-hybridized carbons (Fsp3) is 0.444. The lowest BCUT2D eigenvalue weighted by Gasteiger charge is -2.27. The predicted octanol–water partition coefficient (Wildman–Crippen LogP) is -0.479. The first-order chi connectivity index (χ1) is 6.79. The quantitative estimate of drug-likeness (QED) is 0.651. The normalized spacial score (nSPS) is 17.2. The Morgan fingerprint density at radius 1 is 1.64 bits per heavy atom. The second-order valence-electron chi connectivity index (χ2n) is 3.20. The third kappa shape index (κ3) is 1.58. The van der Waals surface area contributed by atoms with E-state index in [0.29, 0.717) is 18.9 Å². The average molecular weight is 191 g/mol. The zero-order chi connectivity index (χ0) is 9.97. The molecule has 0 saturated carbocycles. The van der Waals surface area contributed by atoms with Crippen LogP contribution in [0, 0.1) is 13.3 Å². The number of rotatable bonds is 1. The van der Waals surface area contributed by atoms with Crippen LogP contribution in [0.3, 0.4) is 0 Å². The van der Waals surface area contributed by atoms with Gasteiger partial charge >= 0.3 is 0 Å². The van der Waals surface area contributed by atoms with Crippen LogP contribution in [0.4, 0.5) is 5.82 Å². The van der Waals surface area contributed by atoms with Crippen molar-refractivity contribution in [2.24, 2.45) is 0 Å². The number of anilines is 1. The summed E-state index contributed by atoms with van der Waals surface area (Å²) in [7, 11) is 0. The Balaban J connectivity index is 2.29. The van der Waals surface area contributed by atoms with Crippen molar-refractivity contribution in [2.45, 2.75) is 6.92 Å². The highest BCUT2D eigenvalue weighted by Gasteiger charge is 2.21. The lowest BCUT2D eigenvalue weighted by molar-refractivity contribution is -0.118. The van der Waals surface area contributed by atoms with Gasteiger partial charge in [-0.3, -0.25) is 9.69 Å². The van der Waals surface area contributed by atoms with Crippen LogP contribution in [0.2, 0.25) is 0 Å². The topological polar surface area (TPSA) is 58.1 Å². The molecule has 1 aromatic heterocycles. The van der Waals surface area contributed by atoms with Gasteiger partial charge in [0.1, 0.15) is 5.82 Å². The fourth-order valence-corrected chi connectivity index (χ4v) is 1.45. The van der Waals surface area contributed by atoms with E-state index in [4.69, 9.17) is 0 Å². The zero-order valence-electron chi connectivity index (χ0n) is 7.95. The van der Waals surface area contributed by atoms with E-state index in [1.54, 1.807) is 11.1 Å². The number of nitrogens with zero attached hydrogens (tertiary/aromatic N) is 3. The van der Waals surface area contributed by atoms with Crippen LogP contribution < -0.4 is 10.2 Å². The molecule has 73 valence electrons. The summed E-state index contributed by atoms with van der Waals surface area (Å²) in [6.45, 7) is 3.72. The van der Waals surface area contributed by atoms with E-state index in [9.17, 15) is 4.79 Å². The number of aromatic nitrogens is 2. The summed E-state index contributed by atoms with van der Waals surface area (Å²) < 4.78 is 0. The van der Waals surface area contributed by atoms with Crippen molar-refractivity contribution >= 4 is 11.7 Å². The number of carbonyl (C=O) groups is 1. The second kappa shape index (κ2) is 3.71. The van der Waals surface area contributed by atoms with E-state index in [2.05, 4.69) is 21.6 Å². The van der Waals surface area contributed by atoms with Crippen molar-refractivity contribution in [3.63, 3.8) is 0 Å². The molecular weight excluding hydrogens is 180 g/mol. The summed E-state index contributed by atoms with van der Waals surface area (Å²) in [6, 6.07) is 0. The van der Waals surface area contributed by atoms with E-state index in [1.807, 2.05) is 6.92 Å². The Kier molecular flexibility index (Phi) is 2.41. The monoisotopic (exact) mass is 191 g/mol. The number of nitrogens with one attached hydrogen (secondary N) is 1. The van der Waals surface area contributed by atoms with Crippen LogP contribution in [-0.2, 0) is 4.79 Å². The molecule has 1 aromatic rings. The van der Waals surface area contributed by atoms with Crippen molar-refractivity contribution in [2.75, 3.05) is 24.5 Å². The molecule has 0 atom stereocenters. The summed E-state index contributed by atoms with van der Waals surface area (Å²) in [5.74, 6) is 0.720. The molecule has 0 spiro atoms. The molecule has 0 aromatic carbocycles. The molecule has 2 heterocycles. The molecule has 0 aliphatic carbocycles. The summed E-state index contributed by atoms with van der Waals surface area (Å²) >= 11 is 0. The van der Waals surface area contributed by atoms with E-state index < -0.39 is 0 Å². The first-order valence-electron chi connectivity index (χ1n) is 4.50. The largest absolute Gasteiger partial charge is 0.307 e. The van der Waals surface area contributed by atoms with E-state index in [0.717, 1.165) is 12.1 Å². The minimum absolute atomic E-state index is 0.0476. The molecule has 1 fully saturated rings. The minimum Gasteiger partial charge on any atom is -0.307 e. The second-order valence-corrected chi connectivity index (χ2v) is 3.20. The molecule has 1 saturated heterocycles. The molecule has 1 aliphatic rings. The molecule has 1 N–H and O–H groups in total. The molecule has 5 heteroatoms. The van der Waals surface area contributed by atoms with Crippen LogP contribution >= 0.6 is 0 Å². The summed E-state index contributed by atoms with van der Waals surface area (Å²) in [5.41, 5.74) is 0.902. The molecule has 5 nitrogen and oxygen atoms in total. The Hall–Kier alpha value is -1.49. The highest BCUT2D eigenvalue weighted by molar-refractivity contribution is 5.95. The first-order valence-corrected chi connectivity index (χ1v) is 4.50. The van der Waals surface area contributed by atoms with E-state index in [-0.39, 0.29) is 5.91 Å². The smallest absolute Gasteiger partial charge is 0.242 e. The van der Waals surface area contributed by atoms with Crippen molar-refractivity contribution < 1.29 is 4.79 Å². The van der Waals surface area contributed by atoms with Gasteiger partial charge < -0.3 is 5.32 Å². The van der Waals surface area contributed by atoms with Gasteiger partial charge in [0.15, 0.2) is 6.33 Å². The number of hydrogen-bond acceptors (Lipinski definition) is 4. The average Bonchev–Trinajstić information content (AvgIpc) is 2.20. The summed E-state index contributed by atoms with van der Waals surface area (Å²) in [6.07, 6.45) is 4.17. The van der Waals surface area contributed by atoms with Crippen molar-refractivity contribution in [3.05, 3.63) is 18.1 Å². The van der Waals surface area contributed by atoms with Crippen LogP contribution in [0.5, 0.6) is 0 Å². The SMILES string of the molecule is Cc1cn[c]nc1N1CCNCC1=O. The Morgan fingerprint density at radius 2 is 2.50 bits per heavy atom. The standard InChI is InChI=1S/C9H11N4O/c1-7-4-11-6-12-9(7)13-3-2-10-5-8(13)14/h4,10H,2-3,5H2,1H3. The number of hydrogen-bond donors (Lipinski definition) is 1. The highest BCUT2D eigenvalue weighted by atomic mass is 16.2. The third-order valence-electron chi connectivity index (χ3n) is 2.17. The molecular formula is C9H11N4O. The van der Waals surface area contributed by atoms with Gasteiger partial charge in [-0.05, 0) is 6.92 Å². The number of carbonyl (C=O) groups excluding carboxylic acids is 1. The third-order valence-corrected chi connectivity index (χ3v) is 2.17. The molecule has 0 bridgehead atoms. The van der Waals surface area contributed by atoms with Gasteiger partial charge in [-0.1, -0.05) is 0 Å². The van der Waals surface area contributed by atoms with Gasteiger partial charge in [0.05, 0.1) is 6.54 Å². The van der Waals surface area contributed by atoms with Crippen LogP contribution in [0.15, 0.2) is 6.20 Å². The molecule has 2 rings (SSSR count). The molecule has 1 aliphatic heterocycles. The molecule has 0 unspecified atom stereocenters. The van der Waals surface area contributed by atoms with Gasteiger partial charge in [-0.25, -0.2) is 9.97 Å². The van der Waals surface area contributed by atoms with Gasteiger partial charge in [-0.15, -0.1) is 0 Å². The maximum atomic E-state index is 11.5. The van der Waals surface area contributed by atoms with E-state index >= 15 is 0 Å². The first kappa shape index (κ1) is 9.08. The zero-order valence-corrected chi connectivity index (χ0v) is 7.95. The predicted molar refractivity (Wildman–Crippen MR) is 50.8 cm³/mol. The molecule has 14 heavy (non-hydrogen) atoms. The lowest BCUT2D eigenvalue weighted by Crippen LogP contribution is -2.48. The lowest BCUT2D eigenvalue weighted by atomic mass is 10.3. The van der Waals surface area contributed by atoms with Gasteiger partial charge in [0, 0.05) is 24.8 Å². The minimum atomic E-state index is 0.0476. The van der Waals surface area contributed by atoms with Gasteiger partial charge in [0.2, 0.25) is 5.91 Å². The highest BCUT2D eigenvalue weighted by Crippen LogP contribution is 2.15. The number of piperazine rings is 1. The van der Waals surface area contributed by atoms with Crippen molar-refractivity contribution in [3.8, 4) is 0 Å². The van der Waals surface area contributed by atoms with Crippen LogP contribution in [-0.4, -0.2) is 35.5 Å².